The highest BCUT2D eigenvalue weighted by Gasteiger charge is 2.35. The molecule has 0 fully saturated rings. The van der Waals surface area contributed by atoms with E-state index in [0.29, 0.717) is 22.3 Å². The second kappa shape index (κ2) is 24.0. The number of para-hydroxylation sites is 6. The number of carbonyl (C=O) groups excluding carboxylic acids is 5. The molecule has 0 radical (unpaired) electrons. The monoisotopic (exact) mass is 1130 g/mol. The fourth-order valence-corrected chi connectivity index (χ4v) is 11.6. The number of fused-ring (bicyclic) bond motifs is 6. The number of amides is 5. The van der Waals surface area contributed by atoms with Crippen LogP contribution in [0.25, 0.3) is 65.4 Å². The smallest absolute Gasteiger partial charge is 0.326 e. The van der Waals surface area contributed by atoms with Crippen LogP contribution in [0, 0.1) is 0 Å². The van der Waals surface area contributed by atoms with Crippen molar-refractivity contribution in [2.45, 2.75) is 74.8 Å². The van der Waals surface area contributed by atoms with Crippen molar-refractivity contribution in [3.05, 3.63) is 216 Å². The van der Waals surface area contributed by atoms with E-state index in [0.717, 1.165) is 76.5 Å². The molecule has 0 aliphatic rings. The lowest BCUT2D eigenvalue weighted by atomic mass is 9.99. The number of aromatic amines is 6. The van der Waals surface area contributed by atoms with Gasteiger partial charge >= 0.3 is 5.97 Å². The number of carboxylic acid groups (broad SMARTS) is 1. The van der Waals surface area contributed by atoms with Crippen LogP contribution in [0.3, 0.4) is 0 Å². The van der Waals surface area contributed by atoms with Crippen molar-refractivity contribution in [2.24, 2.45) is 5.73 Å². The third-order valence-corrected chi connectivity index (χ3v) is 16.1. The van der Waals surface area contributed by atoms with Gasteiger partial charge in [0.1, 0.15) is 30.2 Å². The number of carbonyl (C=O) groups is 6. The molecule has 0 unspecified atom stereocenters. The maximum atomic E-state index is 15.5. The summed E-state index contributed by atoms with van der Waals surface area (Å²) in [4.78, 5) is 108. The first-order valence-electron chi connectivity index (χ1n) is 28.2. The highest BCUT2D eigenvalue weighted by molar-refractivity contribution is 5.99. The molecule has 12 rings (SSSR count). The van der Waals surface area contributed by atoms with Crippen molar-refractivity contribution in [3.8, 4) is 0 Å². The van der Waals surface area contributed by atoms with E-state index in [1.165, 1.54) is 0 Å². The second-order valence-electron chi connectivity index (χ2n) is 21.6. The minimum atomic E-state index is -1.40. The average molecular weight is 1140 g/mol. The van der Waals surface area contributed by atoms with Crippen LogP contribution in [0.1, 0.15) is 33.4 Å². The summed E-state index contributed by atoms with van der Waals surface area (Å²) in [5.41, 5.74) is 15.8. The van der Waals surface area contributed by atoms with Gasteiger partial charge < -0.3 is 67.3 Å². The first kappa shape index (κ1) is 54.9. The molecular weight excluding hydrogens is 1070 g/mol. The van der Waals surface area contributed by atoms with Crippen LogP contribution in [0.5, 0.6) is 0 Å². The maximum absolute atomic E-state index is 15.5. The Morgan fingerprint density at radius 1 is 0.306 bits per heavy atom. The van der Waals surface area contributed by atoms with Crippen LogP contribution in [0.15, 0.2) is 183 Å². The molecular formula is C66H62N12O7. The average Bonchev–Trinajstić information content (AvgIpc) is 4.63. The van der Waals surface area contributed by atoms with Crippen molar-refractivity contribution in [1.82, 2.24) is 56.5 Å². The summed E-state index contributed by atoms with van der Waals surface area (Å²) >= 11 is 0. The molecule has 14 N–H and O–H groups in total. The first-order valence-corrected chi connectivity index (χ1v) is 28.2. The van der Waals surface area contributed by atoms with Gasteiger partial charge in [0.25, 0.3) is 0 Å². The molecule has 428 valence electrons. The van der Waals surface area contributed by atoms with E-state index < -0.39 is 71.8 Å². The molecule has 0 spiro atoms. The van der Waals surface area contributed by atoms with E-state index >= 15 is 14.4 Å². The molecule has 6 aromatic carbocycles. The Morgan fingerprint density at radius 2 is 0.506 bits per heavy atom. The van der Waals surface area contributed by atoms with E-state index in [9.17, 15) is 19.5 Å². The fourth-order valence-electron chi connectivity index (χ4n) is 11.6. The minimum Gasteiger partial charge on any atom is -0.480 e. The van der Waals surface area contributed by atoms with E-state index in [1.807, 2.05) is 152 Å². The van der Waals surface area contributed by atoms with Crippen LogP contribution in [-0.2, 0) is 67.3 Å². The standard InChI is InChI=1S/C66H62N12O7/c67-49(25-37-31-68-50-19-7-1-13-43(37)50)61(79)74-56(26-38-32-69-51-20-8-2-14-44(38)51)62(80)75-57(27-39-33-70-52-21-9-3-15-45(39)52)63(81)76-58(28-40-34-71-53-22-10-4-16-46(40)53)64(82)77-59(29-41-35-72-54-23-11-5-17-47(41)54)65(83)78-60(66(84)85)30-42-36-73-55-24-12-6-18-48(42)55/h1-24,31-36,49,56-60,68-73H,25-30,67H2,(H,74,79)(H,75,80)(H,76,81)(H,77,82)(H,78,83)(H,84,85)/t49-,56+,57-,58+,59-,60+/m1/s1. The number of nitrogens with one attached hydrogen (secondary N) is 11. The van der Waals surface area contributed by atoms with Gasteiger partial charge in [0.15, 0.2) is 0 Å². The van der Waals surface area contributed by atoms with E-state index in [-0.39, 0.29) is 38.5 Å². The van der Waals surface area contributed by atoms with Crippen molar-refractivity contribution >= 4 is 101 Å². The highest BCUT2D eigenvalue weighted by Crippen LogP contribution is 2.26. The van der Waals surface area contributed by atoms with Crippen LogP contribution in [0.4, 0.5) is 0 Å². The molecule has 0 saturated carbocycles. The number of nitrogens with two attached hydrogens (primary N) is 1. The summed E-state index contributed by atoms with van der Waals surface area (Å²) < 4.78 is 0. The molecule has 19 heteroatoms. The van der Waals surface area contributed by atoms with Gasteiger partial charge in [0.05, 0.1) is 6.04 Å². The summed E-state index contributed by atoms with van der Waals surface area (Å²) in [5.74, 6) is -4.82. The van der Waals surface area contributed by atoms with Crippen molar-refractivity contribution < 1.29 is 33.9 Å². The molecule has 6 atom stereocenters. The molecule has 0 bridgehead atoms. The summed E-state index contributed by atoms with van der Waals surface area (Å²) in [6.45, 7) is 0. The van der Waals surface area contributed by atoms with Gasteiger partial charge in [-0.25, -0.2) is 4.79 Å². The molecule has 0 saturated heterocycles. The van der Waals surface area contributed by atoms with Crippen molar-refractivity contribution in [1.29, 1.82) is 0 Å². The SMILES string of the molecule is N[C@H](Cc1c[nH]c2ccccc12)C(=O)N[C@@H](Cc1c[nH]c2ccccc12)C(=O)N[C@H](Cc1c[nH]c2ccccc12)C(=O)N[C@@H](Cc1c[nH]c2ccccc12)C(=O)N[C@H](Cc1c[nH]c2ccccc12)C(=O)N[C@@H](Cc1c[nH]c2ccccc12)C(=O)O. The lowest BCUT2D eigenvalue weighted by Gasteiger charge is -2.27. The summed E-state index contributed by atoms with van der Waals surface area (Å²) in [5, 5.41) is 30.1. The quantitative estimate of drug-likeness (QED) is 0.0311. The van der Waals surface area contributed by atoms with Crippen LogP contribution < -0.4 is 32.3 Å². The number of benzene rings is 6. The lowest BCUT2D eigenvalue weighted by molar-refractivity contribution is -0.142. The predicted octanol–water partition coefficient (Wildman–Crippen LogP) is 7.17. The number of H-pyrrole nitrogens is 6. The van der Waals surface area contributed by atoms with Gasteiger partial charge in [0, 0.05) is 135 Å². The zero-order valence-electron chi connectivity index (χ0n) is 46.0. The predicted molar refractivity (Wildman–Crippen MR) is 327 cm³/mol. The van der Waals surface area contributed by atoms with Crippen molar-refractivity contribution in [2.75, 3.05) is 0 Å². The number of hydrogen-bond donors (Lipinski definition) is 13. The van der Waals surface area contributed by atoms with Gasteiger partial charge in [0.2, 0.25) is 29.5 Å². The minimum absolute atomic E-state index is 0.0127. The Hall–Kier alpha value is -10.7. The molecule has 6 aromatic heterocycles. The number of aromatic nitrogens is 6. The number of aliphatic carboxylic acids is 1. The lowest BCUT2D eigenvalue weighted by Crippen LogP contribution is -2.60. The number of carboxylic acids is 1. The summed E-state index contributed by atoms with van der Waals surface area (Å²) in [7, 11) is 0. The maximum Gasteiger partial charge on any atom is 0.326 e. The Labute approximate surface area is 485 Å². The van der Waals surface area contributed by atoms with Gasteiger partial charge in [-0.05, 0) is 76.2 Å². The van der Waals surface area contributed by atoms with Crippen molar-refractivity contribution in [3.63, 3.8) is 0 Å². The zero-order chi connectivity index (χ0) is 58.6. The fraction of sp³-hybridized carbons (Fsp3) is 0.182. The Balaban J connectivity index is 0.866. The Bertz CT molecular complexity index is 4450. The normalized spacial score (nSPS) is 13.8. The molecule has 6 heterocycles. The van der Waals surface area contributed by atoms with Gasteiger partial charge in [-0.1, -0.05) is 109 Å². The Kier molecular flexibility index (Phi) is 15.5. The van der Waals surface area contributed by atoms with Crippen LogP contribution >= 0.6 is 0 Å². The summed E-state index contributed by atoms with van der Waals surface area (Å²) in [6.07, 6.45) is 10.5. The molecule has 85 heavy (non-hydrogen) atoms. The topological polar surface area (TPSA) is 304 Å². The summed E-state index contributed by atoms with van der Waals surface area (Å²) in [6, 6.07) is 37.4. The third-order valence-electron chi connectivity index (χ3n) is 16.1. The van der Waals surface area contributed by atoms with Gasteiger partial charge in [-0.2, -0.15) is 0 Å². The van der Waals surface area contributed by atoms with Gasteiger partial charge in [-0.15, -0.1) is 0 Å². The molecule has 12 aromatic rings. The highest BCUT2D eigenvalue weighted by atomic mass is 16.4. The molecule has 0 aliphatic heterocycles. The largest absolute Gasteiger partial charge is 0.480 e. The number of hydrogen-bond acceptors (Lipinski definition) is 7. The Morgan fingerprint density at radius 3 is 0.753 bits per heavy atom. The first-order chi connectivity index (χ1) is 41.4. The van der Waals surface area contributed by atoms with E-state index in [4.69, 9.17) is 5.73 Å². The molecule has 19 nitrogen and oxygen atoms in total. The zero-order valence-corrected chi connectivity index (χ0v) is 46.0. The second-order valence-corrected chi connectivity index (χ2v) is 21.6. The van der Waals surface area contributed by atoms with E-state index in [1.54, 1.807) is 31.0 Å². The number of rotatable bonds is 23. The van der Waals surface area contributed by atoms with Gasteiger partial charge in [-0.3, -0.25) is 24.0 Å². The van der Waals surface area contributed by atoms with Crippen LogP contribution in [0.2, 0.25) is 0 Å². The molecule has 5 amide bonds. The van der Waals surface area contributed by atoms with E-state index in [2.05, 4.69) is 56.5 Å². The molecule has 0 aliphatic carbocycles. The van der Waals surface area contributed by atoms with Crippen LogP contribution in [-0.4, -0.2) is 107 Å². The third kappa shape index (κ3) is 11.9.